The third-order valence-electron chi connectivity index (χ3n) is 4.22. The molecule has 0 radical (unpaired) electrons. The number of piperazine rings is 1. The molecule has 2 aromatic rings. The Morgan fingerprint density at radius 1 is 0.963 bits per heavy atom. The normalized spacial score (nSPS) is 15.0. The number of rotatable bonds is 2. The lowest BCUT2D eigenvalue weighted by Crippen LogP contribution is -2.50. The third-order valence-corrected chi connectivity index (χ3v) is 4.66. The number of nitrogens with one attached hydrogen (secondary N) is 1. The summed E-state index contributed by atoms with van der Waals surface area (Å²) < 4.78 is 38.6. The predicted molar refractivity (Wildman–Crippen MR) is 101 cm³/mol. The predicted octanol–water partition coefficient (Wildman–Crippen LogP) is 5.37. The molecule has 0 aromatic heterocycles. The second-order valence-electron chi connectivity index (χ2n) is 6.11. The molecule has 9 heteroatoms. The van der Waals surface area contributed by atoms with Gasteiger partial charge in [0.2, 0.25) is 0 Å². The number of nitrogens with zero attached hydrogens (tertiary/aromatic N) is 2. The van der Waals surface area contributed by atoms with Gasteiger partial charge in [0.1, 0.15) is 0 Å². The highest BCUT2D eigenvalue weighted by molar-refractivity contribution is 6.35. The Labute approximate surface area is 164 Å². The van der Waals surface area contributed by atoms with Gasteiger partial charge in [0.05, 0.1) is 5.56 Å². The fraction of sp³-hybridized carbons (Fsp3) is 0.278. The SMILES string of the molecule is O=C(Nc1cc(Cl)cc(Cl)c1)N1CCN(c2cccc(C(F)(F)F)c2)CC1. The first-order valence-electron chi connectivity index (χ1n) is 8.16. The van der Waals surface area contributed by atoms with E-state index in [1.165, 1.54) is 6.07 Å². The lowest BCUT2D eigenvalue weighted by atomic mass is 10.1. The summed E-state index contributed by atoms with van der Waals surface area (Å²) in [6, 6.07) is 9.63. The number of hydrogen-bond donors (Lipinski definition) is 1. The summed E-state index contributed by atoms with van der Waals surface area (Å²) in [5.41, 5.74) is 0.294. The van der Waals surface area contributed by atoms with Gasteiger partial charge in [-0.15, -0.1) is 0 Å². The molecule has 1 aliphatic rings. The molecule has 2 aromatic carbocycles. The minimum absolute atomic E-state index is 0.308. The minimum Gasteiger partial charge on any atom is -0.368 e. The van der Waals surface area contributed by atoms with Gasteiger partial charge in [-0.05, 0) is 36.4 Å². The molecule has 4 nitrogen and oxygen atoms in total. The molecule has 1 N–H and O–H groups in total. The highest BCUT2D eigenvalue weighted by atomic mass is 35.5. The zero-order chi connectivity index (χ0) is 19.6. The van der Waals surface area contributed by atoms with Crippen molar-refractivity contribution in [3.05, 3.63) is 58.1 Å². The van der Waals surface area contributed by atoms with Gasteiger partial charge in [-0.3, -0.25) is 0 Å². The fourth-order valence-electron chi connectivity index (χ4n) is 2.88. The van der Waals surface area contributed by atoms with Crippen molar-refractivity contribution in [1.29, 1.82) is 0 Å². The number of carbonyl (C=O) groups excluding carboxylic acids is 1. The van der Waals surface area contributed by atoms with E-state index in [2.05, 4.69) is 5.32 Å². The zero-order valence-corrected chi connectivity index (χ0v) is 15.6. The molecule has 3 rings (SSSR count). The summed E-state index contributed by atoms with van der Waals surface area (Å²) in [6.45, 7) is 1.64. The summed E-state index contributed by atoms with van der Waals surface area (Å²) in [5.74, 6) is 0. The standard InChI is InChI=1S/C18H16Cl2F3N3O/c19-13-9-14(20)11-15(10-13)24-17(27)26-6-4-25(5-7-26)16-3-1-2-12(8-16)18(21,22)23/h1-3,8-11H,4-7H2,(H,24,27). The van der Waals surface area contributed by atoms with E-state index in [1.54, 1.807) is 29.2 Å². The number of alkyl halides is 3. The van der Waals surface area contributed by atoms with E-state index in [1.807, 2.05) is 4.90 Å². The van der Waals surface area contributed by atoms with Crippen molar-refractivity contribution in [1.82, 2.24) is 4.90 Å². The number of halogens is 5. The van der Waals surface area contributed by atoms with Gasteiger partial charge in [0.25, 0.3) is 0 Å². The number of anilines is 2. The van der Waals surface area contributed by atoms with Crippen molar-refractivity contribution in [2.75, 3.05) is 36.4 Å². The molecule has 144 valence electrons. The number of amides is 2. The molecule has 27 heavy (non-hydrogen) atoms. The van der Waals surface area contributed by atoms with Gasteiger partial charge in [-0.25, -0.2) is 4.79 Å². The highest BCUT2D eigenvalue weighted by Gasteiger charge is 2.31. The number of hydrogen-bond acceptors (Lipinski definition) is 2. The van der Waals surface area contributed by atoms with Crippen LogP contribution in [-0.4, -0.2) is 37.1 Å². The van der Waals surface area contributed by atoms with E-state index < -0.39 is 11.7 Å². The molecule has 0 saturated carbocycles. The summed E-state index contributed by atoms with van der Waals surface area (Å²) >= 11 is 11.8. The average Bonchev–Trinajstić information content (AvgIpc) is 2.60. The molecule has 1 fully saturated rings. The first-order chi connectivity index (χ1) is 12.7. The van der Waals surface area contributed by atoms with Crippen LogP contribution in [0, 0.1) is 0 Å². The van der Waals surface area contributed by atoms with Gasteiger partial charge in [0, 0.05) is 47.6 Å². The Morgan fingerprint density at radius 2 is 1.59 bits per heavy atom. The second-order valence-corrected chi connectivity index (χ2v) is 6.98. The van der Waals surface area contributed by atoms with Crippen molar-refractivity contribution in [2.45, 2.75) is 6.18 Å². The second kappa shape index (κ2) is 7.86. The Bertz CT molecular complexity index is 817. The van der Waals surface area contributed by atoms with Crippen LogP contribution >= 0.6 is 23.2 Å². The molecular formula is C18H16Cl2F3N3O. The quantitative estimate of drug-likeness (QED) is 0.712. The Morgan fingerprint density at radius 3 is 2.19 bits per heavy atom. The molecule has 0 bridgehead atoms. The van der Waals surface area contributed by atoms with E-state index in [-0.39, 0.29) is 6.03 Å². The Kier molecular flexibility index (Phi) is 5.72. The van der Waals surface area contributed by atoms with Crippen LogP contribution in [0.2, 0.25) is 10.0 Å². The van der Waals surface area contributed by atoms with Gasteiger partial charge < -0.3 is 15.1 Å². The number of carbonyl (C=O) groups is 1. The molecule has 0 unspecified atom stereocenters. The van der Waals surface area contributed by atoms with Crippen LogP contribution in [0.5, 0.6) is 0 Å². The maximum atomic E-state index is 12.9. The molecule has 0 aliphatic carbocycles. The molecule has 1 heterocycles. The minimum atomic E-state index is -4.38. The summed E-state index contributed by atoms with van der Waals surface area (Å²) in [7, 11) is 0. The smallest absolute Gasteiger partial charge is 0.368 e. The van der Waals surface area contributed by atoms with Crippen LogP contribution in [0.25, 0.3) is 0 Å². The summed E-state index contributed by atoms with van der Waals surface area (Å²) in [4.78, 5) is 15.8. The number of benzene rings is 2. The van der Waals surface area contributed by atoms with Crippen LogP contribution in [-0.2, 0) is 6.18 Å². The molecule has 1 aliphatic heterocycles. The number of urea groups is 1. The van der Waals surface area contributed by atoms with E-state index in [9.17, 15) is 18.0 Å². The topological polar surface area (TPSA) is 35.6 Å². The summed E-state index contributed by atoms with van der Waals surface area (Å²) in [6.07, 6.45) is -4.38. The van der Waals surface area contributed by atoms with Crippen molar-refractivity contribution >= 4 is 40.6 Å². The van der Waals surface area contributed by atoms with Gasteiger partial charge >= 0.3 is 12.2 Å². The molecule has 1 saturated heterocycles. The lowest BCUT2D eigenvalue weighted by Gasteiger charge is -2.36. The van der Waals surface area contributed by atoms with E-state index in [4.69, 9.17) is 23.2 Å². The average molecular weight is 418 g/mol. The Balaban J connectivity index is 1.61. The van der Waals surface area contributed by atoms with Crippen molar-refractivity contribution in [3.63, 3.8) is 0 Å². The van der Waals surface area contributed by atoms with Crippen LogP contribution < -0.4 is 10.2 Å². The molecule has 0 atom stereocenters. The zero-order valence-electron chi connectivity index (χ0n) is 14.1. The highest BCUT2D eigenvalue weighted by Crippen LogP contribution is 2.32. The largest absolute Gasteiger partial charge is 0.416 e. The maximum Gasteiger partial charge on any atom is 0.416 e. The first kappa shape index (κ1) is 19.6. The fourth-order valence-corrected chi connectivity index (χ4v) is 3.40. The molecule has 0 spiro atoms. The van der Waals surface area contributed by atoms with Crippen molar-refractivity contribution in [2.24, 2.45) is 0 Å². The molecule has 2 amide bonds. The Hall–Kier alpha value is -2.12. The van der Waals surface area contributed by atoms with Crippen molar-refractivity contribution < 1.29 is 18.0 Å². The van der Waals surface area contributed by atoms with Gasteiger partial charge in [-0.2, -0.15) is 13.2 Å². The van der Waals surface area contributed by atoms with E-state index in [0.29, 0.717) is 47.6 Å². The third kappa shape index (κ3) is 4.99. The monoisotopic (exact) mass is 417 g/mol. The van der Waals surface area contributed by atoms with Gasteiger partial charge in [0.15, 0.2) is 0 Å². The van der Waals surface area contributed by atoms with Crippen LogP contribution in [0.15, 0.2) is 42.5 Å². The lowest BCUT2D eigenvalue weighted by molar-refractivity contribution is -0.137. The van der Waals surface area contributed by atoms with E-state index in [0.717, 1.165) is 12.1 Å². The van der Waals surface area contributed by atoms with E-state index >= 15 is 0 Å². The maximum absolute atomic E-state index is 12.9. The van der Waals surface area contributed by atoms with Crippen LogP contribution in [0.4, 0.5) is 29.3 Å². The first-order valence-corrected chi connectivity index (χ1v) is 8.92. The van der Waals surface area contributed by atoms with Gasteiger partial charge in [-0.1, -0.05) is 29.3 Å². The molecular weight excluding hydrogens is 402 g/mol. The van der Waals surface area contributed by atoms with Crippen molar-refractivity contribution in [3.8, 4) is 0 Å². The summed E-state index contributed by atoms with van der Waals surface area (Å²) in [5, 5.41) is 3.55. The van der Waals surface area contributed by atoms with Crippen LogP contribution in [0.1, 0.15) is 5.56 Å². The van der Waals surface area contributed by atoms with Crippen LogP contribution in [0.3, 0.4) is 0 Å².